The molecule has 8 nitrogen and oxygen atoms in total. The molecule has 3 aromatic carbocycles. The lowest BCUT2D eigenvalue weighted by molar-refractivity contribution is 0.0509. The van der Waals surface area contributed by atoms with Gasteiger partial charge < -0.3 is 19.7 Å². The smallest absolute Gasteiger partial charge is 0.407 e. The van der Waals surface area contributed by atoms with Gasteiger partial charge in [0.15, 0.2) is 0 Å². The Morgan fingerprint density at radius 1 is 0.974 bits per heavy atom. The molecular weight excluding hydrogens is 490 g/mol. The monoisotopic (exact) mass is 521 g/mol. The van der Waals surface area contributed by atoms with E-state index in [2.05, 4.69) is 16.3 Å². The van der Waals surface area contributed by atoms with Crippen molar-refractivity contribution in [1.82, 2.24) is 15.3 Å². The number of amides is 1. The van der Waals surface area contributed by atoms with Crippen LogP contribution in [0, 0.1) is 11.3 Å². The number of carbonyl (C=O) groups excluding carboxylic acids is 1. The molecule has 1 aliphatic heterocycles. The minimum atomic E-state index is -0.531. The largest absolute Gasteiger partial charge is 0.497 e. The molecule has 39 heavy (non-hydrogen) atoms. The Kier molecular flexibility index (Phi) is 7.07. The number of fused-ring (bicyclic) bond motifs is 1. The summed E-state index contributed by atoms with van der Waals surface area (Å²) >= 11 is 0. The molecule has 0 unspecified atom stereocenters. The van der Waals surface area contributed by atoms with Crippen LogP contribution in [0.2, 0.25) is 0 Å². The minimum Gasteiger partial charge on any atom is -0.497 e. The highest BCUT2D eigenvalue weighted by molar-refractivity contribution is 5.88. The summed E-state index contributed by atoms with van der Waals surface area (Å²) in [4.78, 5) is 24.6. The number of nitrogens with zero attached hydrogens (tertiary/aromatic N) is 4. The highest BCUT2D eigenvalue weighted by Crippen LogP contribution is 2.33. The second kappa shape index (κ2) is 10.6. The number of nitriles is 1. The molecule has 0 radical (unpaired) electrons. The highest BCUT2D eigenvalue weighted by Gasteiger charge is 2.26. The van der Waals surface area contributed by atoms with E-state index >= 15 is 0 Å². The first-order chi connectivity index (χ1) is 18.7. The lowest BCUT2D eigenvalue weighted by Crippen LogP contribution is -2.40. The van der Waals surface area contributed by atoms with E-state index in [4.69, 9.17) is 19.4 Å². The first-order valence-corrected chi connectivity index (χ1v) is 12.9. The molecular formula is C31H31N5O3. The second-order valence-electron chi connectivity index (χ2n) is 10.6. The maximum atomic E-state index is 12.2. The summed E-state index contributed by atoms with van der Waals surface area (Å²) in [6.07, 6.45) is 0.437. The van der Waals surface area contributed by atoms with Gasteiger partial charge in [0, 0.05) is 29.9 Å². The topological polar surface area (TPSA) is 100 Å². The van der Waals surface area contributed by atoms with Crippen molar-refractivity contribution in [3.05, 3.63) is 72.3 Å². The van der Waals surface area contributed by atoms with E-state index in [1.54, 1.807) is 19.2 Å². The van der Waals surface area contributed by atoms with Crippen LogP contribution in [-0.4, -0.2) is 47.9 Å². The lowest BCUT2D eigenvalue weighted by atomic mass is 10.0. The Morgan fingerprint density at radius 2 is 1.62 bits per heavy atom. The molecule has 8 heteroatoms. The quantitative estimate of drug-likeness (QED) is 0.346. The van der Waals surface area contributed by atoms with E-state index < -0.39 is 11.7 Å². The number of anilines is 1. The van der Waals surface area contributed by atoms with Crippen LogP contribution in [-0.2, 0) is 4.74 Å². The van der Waals surface area contributed by atoms with E-state index in [0.717, 1.165) is 58.0 Å². The number of hydrogen-bond acceptors (Lipinski definition) is 7. The zero-order chi connectivity index (χ0) is 27.6. The van der Waals surface area contributed by atoms with Crippen molar-refractivity contribution in [3.8, 4) is 34.3 Å². The van der Waals surface area contributed by atoms with Gasteiger partial charge in [-0.15, -0.1) is 0 Å². The molecule has 1 fully saturated rings. The van der Waals surface area contributed by atoms with Crippen LogP contribution in [0.5, 0.6) is 5.75 Å². The average Bonchev–Trinajstić information content (AvgIpc) is 3.39. The van der Waals surface area contributed by atoms with Gasteiger partial charge in [0.25, 0.3) is 0 Å². The molecule has 1 aliphatic rings. The Morgan fingerprint density at radius 3 is 2.23 bits per heavy atom. The SMILES string of the molecule is COc1ccc(-c2nc3ccc(N4CC[C@H](NC(=O)OC(C)(C)C)C4)cc3nc2-c2ccc(C#N)cc2)cc1. The van der Waals surface area contributed by atoms with Crippen LogP contribution < -0.4 is 15.0 Å². The van der Waals surface area contributed by atoms with Crippen molar-refractivity contribution in [1.29, 1.82) is 5.26 Å². The van der Waals surface area contributed by atoms with Gasteiger partial charge in [0.1, 0.15) is 11.4 Å². The molecule has 0 aliphatic carbocycles. The molecule has 1 atom stereocenters. The molecule has 4 aromatic rings. The molecule has 1 aromatic heterocycles. The zero-order valence-electron chi connectivity index (χ0n) is 22.6. The Bertz CT molecular complexity index is 1540. The summed E-state index contributed by atoms with van der Waals surface area (Å²) in [5, 5.41) is 12.2. The molecule has 1 amide bonds. The number of ether oxygens (including phenoxy) is 2. The third-order valence-electron chi connectivity index (χ3n) is 6.57. The van der Waals surface area contributed by atoms with Crippen molar-refractivity contribution in [2.24, 2.45) is 0 Å². The van der Waals surface area contributed by atoms with E-state index in [-0.39, 0.29) is 6.04 Å². The van der Waals surface area contributed by atoms with Gasteiger partial charge in [-0.05, 0) is 81.8 Å². The fraction of sp³-hybridized carbons (Fsp3) is 0.290. The summed E-state index contributed by atoms with van der Waals surface area (Å²) in [5.41, 5.74) is 5.92. The maximum absolute atomic E-state index is 12.2. The Hall–Kier alpha value is -4.64. The number of carbonyl (C=O) groups is 1. The number of hydrogen-bond donors (Lipinski definition) is 1. The van der Waals surface area contributed by atoms with E-state index in [9.17, 15) is 10.1 Å². The molecule has 0 saturated carbocycles. The lowest BCUT2D eigenvalue weighted by Gasteiger charge is -2.22. The summed E-state index contributed by atoms with van der Waals surface area (Å²) in [6.45, 7) is 7.07. The van der Waals surface area contributed by atoms with Crippen molar-refractivity contribution < 1.29 is 14.3 Å². The Labute approximate surface area is 228 Å². The standard InChI is InChI=1S/C31H31N5O3/c1-31(2,3)39-30(37)33-23-15-16-36(19-23)24-11-14-26-27(17-24)35-29(21-7-5-20(18-32)6-8-21)28(34-26)22-9-12-25(38-4)13-10-22/h5-14,17,23H,15-16,19H2,1-4H3,(H,33,37)/t23-/m0/s1. The van der Waals surface area contributed by atoms with Crippen LogP contribution in [0.4, 0.5) is 10.5 Å². The molecule has 0 bridgehead atoms. The molecule has 0 spiro atoms. The van der Waals surface area contributed by atoms with E-state index in [0.29, 0.717) is 12.1 Å². The van der Waals surface area contributed by atoms with Crippen molar-refractivity contribution in [3.63, 3.8) is 0 Å². The summed E-state index contributed by atoms with van der Waals surface area (Å²) in [7, 11) is 1.64. The predicted octanol–water partition coefficient (Wildman–Crippen LogP) is 5.95. The van der Waals surface area contributed by atoms with Crippen LogP contribution >= 0.6 is 0 Å². The predicted molar refractivity (Wildman–Crippen MR) is 152 cm³/mol. The van der Waals surface area contributed by atoms with Crippen LogP contribution in [0.3, 0.4) is 0 Å². The summed E-state index contributed by atoms with van der Waals surface area (Å²) in [5.74, 6) is 0.766. The maximum Gasteiger partial charge on any atom is 0.407 e. The number of alkyl carbamates (subject to hydrolysis) is 1. The van der Waals surface area contributed by atoms with Crippen molar-refractivity contribution in [2.45, 2.75) is 38.8 Å². The van der Waals surface area contributed by atoms with Crippen molar-refractivity contribution >= 4 is 22.8 Å². The molecule has 5 rings (SSSR count). The van der Waals surface area contributed by atoms with Crippen LogP contribution in [0.25, 0.3) is 33.5 Å². The van der Waals surface area contributed by atoms with E-state index in [1.807, 2.05) is 75.4 Å². The van der Waals surface area contributed by atoms with Gasteiger partial charge in [0.2, 0.25) is 0 Å². The summed E-state index contributed by atoms with van der Waals surface area (Å²) in [6, 6.07) is 23.4. The first kappa shape index (κ1) is 26.0. The number of nitrogens with one attached hydrogen (secondary N) is 1. The van der Waals surface area contributed by atoms with Gasteiger partial charge in [-0.3, -0.25) is 0 Å². The zero-order valence-corrected chi connectivity index (χ0v) is 22.6. The van der Waals surface area contributed by atoms with Gasteiger partial charge in [-0.2, -0.15) is 5.26 Å². The fourth-order valence-corrected chi connectivity index (χ4v) is 4.68. The first-order valence-electron chi connectivity index (χ1n) is 12.9. The third-order valence-corrected chi connectivity index (χ3v) is 6.57. The van der Waals surface area contributed by atoms with Gasteiger partial charge >= 0.3 is 6.09 Å². The fourth-order valence-electron chi connectivity index (χ4n) is 4.68. The van der Waals surface area contributed by atoms with Gasteiger partial charge in [-0.1, -0.05) is 12.1 Å². The molecule has 2 heterocycles. The van der Waals surface area contributed by atoms with Crippen LogP contribution in [0.15, 0.2) is 66.7 Å². The van der Waals surface area contributed by atoms with Crippen molar-refractivity contribution in [2.75, 3.05) is 25.1 Å². The molecule has 1 N–H and O–H groups in total. The number of aromatic nitrogens is 2. The minimum absolute atomic E-state index is 0.00767. The summed E-state index contributed by atoms with van der Waals surface area (Å²) < 4.78 is 10.7. The highest BCUT2D eigenvalue weighted by atomic mass is 16.6. The van der Waals surface area contributed by atoms with Gasteiger partial charge in [0.05, 0.1) is 47.2 Å². The van der Waals surface area contributed by atoms with E-state index in [1.165, 1.54) is 0 Å². The number of benzene rings is 3. The second-order valence-corrected chi connectivity index (χ2v) is 10.6. The molecule has 1 saturated heterocycles. The number of methoxy groups -OCH3 is 1. The van der Waals surface area contributed by atoms with Crippen LogP contribution in [0.1, 0.15) is 32.8 Å². The average molecular weight is 522 g/mol. The Balaban J connectivity index is 1.47. The number of rotatable bonds is 5. The normalized spacial score (nSPS) is 15.2. The third kappa shape index (κ3) is 5.93. The molecule has 198 valence electrons. The van der Waals surface area contributed by atoms with Gasteiger partial charge in [-0.25, -0.2) is 14.8 Å².